The molecule has 0 fully saturated rings. The van der Waals surface area contributed by atoms with Crippen molar-refractivity contribution in [3.8, 4) is 11.6 Å². The van der Waals surface area contributed by atoms with Crippen LogP contribution in [0.2, 0.25) is 0 Å². The summed E-state index contributed by atoms with van der Waals surface area (Å²) in [6, 6.07) is 16.3. The maximum atomic E-state index is 12.9. The summed E-state index contributed by atoms with van der Waals surface area (Å²) in [4.78, 5) is 4.29. The molecule has 0 amide bonds. The van der Waals surface area contributed by atoms with E-state index in [0.717, 1.165) is 24.2 Å². The molecule has 0 saturated heterocycles. The van der Waals surface area contributed by atoms with Gasteiger partial charge in [-0.3, -0.25) is 0 Å². The minimum absolute atomic E-state index is 0.121. The molecular formula is C22H21F3N4OS. The monoisotopic (exact) mass is 446 g/mol. The van der Waals surface area contributed by atoms with Crippen LogP contribution in [0.15, 0.2) is 71.9 Å². The summed E-state index contributed by atoms with van der Waals surface area (Å²) >= 11 is 5.22. The highest BCUT2D eigenvalue weighted by Crippen LogP contribution is 2.29. The van der Waals surface area contributed by atoms with E-state index in [1.165, 1.54) is 6.07 Å². The van der Waals surface area contributed by atoms with E-state index in [4.69, 9.17) is 17.0 Å². The van der Waals surface area contributed by atoms with Crippen molar-refractivity contribution in [3.05, 3.63) is 83.3 Å². The van der Waals surface area contributed by atoms with Crippen molar-refractivity contribution in [2.75, 3.05) is 6.61 Å². The van der Waals surface area contributed by atoms with Gasteiger partial charge in [0.1, 0.15) is 0 Å². The molecule has 0 bridgehead atoms. The summed E-state index contributed by atoms with van der Waals surface area (Å²) in [6.45, 7) is 2.63. The topological polar surface area (TPSA) is 51.4 Å². The lowest BCUT2D eigenvalue weighted by molar-refractivity contribution is -0.137. The third-order valence-corrected chi connectivity index (χ3v) is 4.40. The van der Waals surface area contributed by atoms with E-state index in [-0.39, 0.29) is 11.7 Å². The quantitative estimate of drug-likeness (QED) is 0.560. The first-order chi connectivity index (χ1) is 14.9. The summed E-state index contributed by atoms with van der Waals surface area (Å²) in [7, 11) is 0. The van der Waals surface area contributed by atoms with E-state index in [1.54, 1.807) is 23.0 Å². The van der Waals surface area contributed by atoms with E-state index in [1.807, 2.05) is 37.3 Å². The minimum atomic E-state index is -4.39. The lowest BCUT2D eigenvalue weighted by atomic mass is 10.1. The molecule has 1 aromatic heterocycles. The van der Waals surface area contributed by atoms with Gasteiger partial charge in [0.2, 0.25) is 5.88 Å². The Bertz CT molecular complexity index is 1100. The van der Waals surface area contributed by atoms with Crippen molar-refractivity contribution in [2.24, 2.45) is 4.99 Å². The number of aromatic nitrogens is 2. The first-order valence-electron chi connectivity index (χ1n) is 9.63. The van der Waals surface area contributed by atoms with Crippen LogP contribution in [0.5, 0.6) is 5.88 Å². The largest absolute Gasteiger partial charge is 0.478 e. The van der Waals surface area contributed by atoms with Crippen molar-refractivity contribution in [1.82, 2.24) is 15.1 Å². The molecule has 0 saturated carbocycles. The normalized spacial score (nSPS) is 11.9. The number of ether oxygens (including phenoxy) is 1. The second-order valence-electron chi connectivity index (χ2n) is 6.62. The van der Waals surface area contributed by atoms with Crippen LogP contribution in [-0.4, -0.2) is 21.5 Å². The van der Waals surface area contributed by atoms with Gasteiger partial charge in [0.15, 0.2) is 5.11 Å². The molecule has 5 nitrogen and oxygen atoms in total. The fourth-order valence-electron chi connectivity index (χ4n) is 2.72. The van der Waals surface area contributed by atoms with Gasteiger partial charge >= 0.3 is 6.18 Å². The average Bonchev–Trinajstić information content (AvgIpc) is 2.76. The van der Waals surface area contributed by atoms with Crippen molar-refractivity contribution >= 4 is 17.3 Å². The molecule has 0 atom stereocenters. The van der Waals surface area contributed by atoms with Gasteiger partial charge in [-0.15, -0.1) is 0 Å². The lowest BCUT2D eigenvalue weighted by Crippen LogP contribution is -2.23. The molecule has 1 N–H and O–H groups in total. The molecular weight excluding hydrogens is 425 g/mol. The second kappa shape index (κ2) is 10.2. The standard InChI is InChI=1S/C22H21F3N4OS/c1-2-11-30-20-13-18(15-27-29(20)19-9-4-3-5-10-19)28-21(31)26-14-16-7-6-8-17(12-16)22(23,24)25/h3-10,12-13,15H,2,11,14H2,1H3,(H,26,31). The number of rotatable bonds is 6. The third kappa shape index (κ3) is 6.39. The molecule has 2 aromatic carbocycles. The number of hydrogen-bond donors (Lipinski definition) is 1. The predicted molar refractivity (Wildman–Crippen MR) is 116 cm³/mol. The van der Waals surface area contributed by atoms with Gasteiger partial charge in [-0.05, 0) is 48.5 Å². The lowest BCUT2D eigenvalue weighted by Gasteiger charge is -2.13. The average molecular weight is 446 g/mol. The molecule has 3 aromatic rings. The van der Waals surface area contributed by atoms with Crippen molar-refractivity contribution in [1.29, 1.82) is 0 Å². The highest BCUT2D eigenvalue weighted by Gasteiger charge is 2.30. The van der Waals surface area contributed by atoms with Gasteiger partial charge < -0.3 is 10.1 Å². The van der Waals surface area contributed by atoms with Crippen molar-refractivity contribution in [2.45, 2.75) is 26.1 Å². The summed E-state index contributed by atoms with van der Waals surface area (Å²) in [5.74, 6) is 0.509. The first-order valence-corrected chi connectivity index (χ1v) is 10.0. The number of hydrogen-bond acceptors (Lipinski definition) is 3. The zero-order chi connectivity index (χ0) is 22.3. The molecule has 0 radical (unpaired) electrons. The van der Waals surface area contributed by atoms with Crippen molar-refractivity contribution in [3.63, 3.8) is 0 Å². The number of nitrogens with one attached hydrogen (secondary N) is 1. The van der Waals surface area contributed by atoms with E-state index in [2.05, 4.69) is 15.4 Å². The van der Waals surface area contributed by atoms with Gasteiger partial charge in [0.05, 0.1) is 29.4 Å². The molecule has 9 heteroatoms. The number of alkyl halides is 3. The van der Waals surface area contributed by atoms with Gasteiger partial charge in [0, 0.05) is 12.6 Å². The molecule has 0 unspecified atom stereocenters. The van der Waals surface area contributed by atoms with Crippen LogP contribution in [0, 0.1) is 0 Å². The Morgan fingerprint density at radius 2 is 1.90 bits per heavy atom. The van der Waals surface area contributed by atoms with Crippen LogP contribution < -0.4 is 15.4 Å². The van der Waals surface area contributed by atoms with E-state index in [9.17, 15) is 13.2 Å². The molecule has 0 aliphatic rings. The summed E-state index contributed by atoms with van der Waals surface area (Å²) in [5, 5.41) is 7.86. The summed E-state index contributed by atoms with van der Waals surface area (Å²) in [5.41, 5.74) is 0.586. The first kappa shape index (κ1) is 22.5. The van der Waals surface area contributed by atoms with Crippen LogP contribution in [0.3, 0.4) is 0 Å². The maximum absolute atomic E-state index is 12.9. The third-order valence-electron chi connectivity index (χ3n) is 4.17. The molecule has 31 heavy (non-hydrogen) atoms. The smallest absolute Gasteiger partial charge is 0.416 e. The summed E-state index contributed by atoms with van der Waals surface area (Å²) in [6.07, 6.45) is -2.02. The van der Waals surface area contributed by atoms with E-state index in [0.29, 0.717) is 23.4 Å². The number of benzene rings is 2. The van der Waals surface area contributed by atoms with Gasteiger partial charge in [0.25, 0.3) is 0 Å². The Morgan fingerprint density at radius 3 is 2.61 bits per heavy atom. The maximum Gasteiger partial charge on any atom is 0.416 e. The van der Waals surface area contributed by atoms with Gasteiger partial charge in [-0.1, -0.05) is 37.3 Å². The highest BCUT2D eigenvalue weighted by atomic mass is 32.1. The highest BCUT2D eigenvalue weighted by molar-refractivity contribution is 7.80. The SMILES string of the molecule is CCCOc1cc(=NC(=S)NCc2cccc(C(F)(F)F)c2)cnn1-c1ccccc1. The van der Waals surface area contributed by atoms with Crippen LogP contribution >= 0.6 is 12.2 Å². The molecule has 1 heterocycles. The minimum Gasteiger partial charge on any atom is -0.478 e. The molecule has 0 spiro atoms. The predicted octanol–water partition coefficient (Wildman–Crippen LogP) is 4.66. The number of halogens is 3. The Labute approximate surface area is 183 Å². The fourth-order valence-corrected chi connectivity index (χ4v) is 2.90. The van der Waals surface area contributed by atoms with Crippen LogP contribution in [0.25, 0.3) is 5.69 Å². The zero-order valence-corrected chi connectivity index (χ0v) is 17.6. The van der Waals surface area contributed by atoms with Gasteiger partial charge in [-0.25, -0.2) is 9.67 Å². The Hall–Kier alpha value is -3.20. The Balaban J connectivity index is 1.77. The number of nitrogens with zero attached hydrogens (tertiary/aromatic N) is 3. The molecule has 0 aliphatic carbocycles. The van der Waals surface area contributed by atoms with Crippen LogP contribution in [0.1, 0.15) is 24.5 Å². The summed E-state index contributed by atoms with van der Waals surface area (Å²) < 4.78 is 46.0. The number of para-hydroxylation sites is 1. The Morgan fingerprint density at radius 1 is 1.13 bits per heavy atom. The molecule has 3 rings (SSSR count). The van der Waals surface area contributed by atoms with E-state index < -0.39 is 11.7 Å². The second-order valence-corrected chi connectivity index (χ2v) is 7.00. The molecule has 0 aliphatic heterocycles. The van der Waals surface area contributed by atoms with Crippen LogP contribution in [-0.2, 0) is 12.7 Å². The van der Waals surface area contributed by atoms with Crippen LogP contribution in [0.4, 0.5) is 13.2 Å². The van der Waals surface area contributed by atoms with Gasteiger partial charge in [-0.2, -0.15) is 18.3 Å². The molecule has 162 valence electrons. The Kier molecular flexibility index (Phi) is 7.41. The zero-order valence-electron chi connectivity index (χ0n) is 16.8. The number of thiocarbonyl (C=S) groups is 1. The van der Waals surface area contributed by atoms with E-state index >= 15 is 0 Å². The fraction of sp³-hybridized carbons (Fsp3) is 0.227. The van der Waals surface area contributed by atoms with Crippen molar-refractivity contribution < 1.29 is 17.9 Å².